The molecule has 0 saturated carbocycles. The molecule has 0 bridgehead atoms. The zero-order chi connectivity index (χ0) is 18.1. The molecule has 4 rings (SSSR count). The van der Waals surface area contributed by atoms with Gasteiger partial charge in [-0.1, -0.05) is 11.6 Å². The summed E-state index contributed by atoms with van der Waals surface area (Å²) >= 11 is 7.15. The zero-order valence-electron chi connectivity index (χ0n) is 13.3. The van der Waals surface area contributed by atoms with Crippen molar-refractivity contribution in [2.45, 2.75) is 0 Å². The lowest BCUT2D eigenvalue weighted by Crippen LogP contribution is -2.25. The Hall–Kier alpha value is -2.90. The van der Waals surface area contributed by atoms with E-state index in [1.165, 1.54) is 11.3 Å². The smallest absolute Gasteiger partial charge is 0.262 e. The lowest BCUT2D eigenvalue weighted by atomic mass is 10.1. The monoisotopic (exact) mass is 385 g/mol. The highest BCUT2D eigenvalue weighted by molar-refractivity contribution is 7.14. The molecule has 0 spiro atoms. The molecule has 26 heavy (non-hydrogen) atoms. The molecule has 8 heteroatoms. The van der Waals surface area contributed by atoms with Gasteiger partial charge in [-0.05, 0) is 42.5 Å². The number of carbonyl (C=O) groups is 2. The number of hydrogen-bond acceptors (Lipinski definition) is 5. The summed E-state index contributed by atoms with van der Waals surface area (Å²) in [5.41, 5.74) is 2.63. The fraction of sp³-hybridized carbons (Fsp3) is 0.0556. The van der Waals surface area contributed by atoms with Crippen molar-refractivity contribution in [1.82, 2.24) is 4.98 Å². The van der Waals surface area contributed by atoms with Crippen molar-refractivity contribution >= 4 is 45.6 Å². The number of halogens is 1. The Kier molecular flexibility index (Phi) is 4.32. The van der Waals surface area contributed by atoms with Crippen molar-refractivity contribution in [2.24, 2.45) is 0 Å². The van der Waals surface area contributed by atoms with Gasteiger partial charge in [-0.25, -0.2) is 4.98 Å². The molecule has 130 valence electrons. The summed E-state index contributed by atoms with van der Waals surface area (Å²) in [6.45, 7) is 0.0178. The Morgan fingerprint density at radius 2 is 2.04 bits per heavy atom. The maximum atomic E-state index is 12.2. The summed E-state index contributed by atoms with van der Waals surface area (Å²) in [4.78, 5) is 28.1. The van der Waals surface area contributed by atoms with Gasteiger partial charge in [-0.15, -0.1) is 11.3 Å². The first kappa shape index (κ1) is 16.6. The largest absolute Gasteiger partial charge is 0.482 e. The van der Waals surface area contributed by atoms with Gasteiger partial charge in [0.2, 0.25) is 0 Å². The van der Waals surface area contributed by atoms with E-state index in [0.29, 0.717) is 32.8 Å². The van der Waals surface area contributed by atoms with Crippen molar-refractivity contribution < 1.29 is 14.3 Å². The number of rotatable bonds is 3. The summed E-state index contributed by atoms with van der Waals surface area (Å²) in [5, 5.41) is 8.43. The van der Waals surface area contributed by atoms with Crippen LogP contribution in [0.25, 0.3) is 11.3 Å². The summed E-state index contributed by atoms with van der Waals surface area (Å²) in [6.07, 6.45) is 0. The Balaban J connectivity index is 1.53. The number of thiazole rings is 1. The predicted octanol–water partition coefficient (Wildman–Crippen LogP) is 4.05. The third kappa shape index (κ3) is 3.40. The highest BCUT2D eigenvalue weighted by atomic mass is 35.5. The van der Waals surface area contributed by atoms with Crippen LogP contribution in [-0.4, -0.2) is 23.4 Å². The van der Waals surface area contributed by atoms with E-state index in [1.54, 1.807) is 36.4 Å². The molecule has 1 aliphatic heterocycles. The maximum Gasteiger partial charge on any atom is 0.262 e. The molecule has 0 atom stereocenters. The van der Waals surface area contributed by atoms with Crippen LogP contribution in [0.2, 0.25) is 5.02 Å². The molecule has 0 radical (unpaired) electrons. The van der Waals surface area contributed by atoms with Gasteiger partial charge in [0.05, 0.1) is 11.4 Å². The molecule has 6 nitrogen and oxygen atoms in total. The number of ether oxygens (including phenoxy) is 1. The maximum absolute atomic E-state index is 12.2. The van der Waals surface area contributed by atoms with Crippen molar-refractivity contribution in [3.63, 3.8) is 0 Å². The summed E-state index contributed by atoms with van der Waals surface area (Å²) in [6, 6.07) is 12.1. The van der Waals surface area contributed by atoms with E-state index in [4.69, 9.17) is 16.3 Å². The van der Waals surface area contributed by atoms with Crippen LogP contribution in [0, 0.1) is 0 Å². The summed E-state index contributed by atoms with van der Waals surface area (Å²) < 4.78 is 5.35. The number of hydrogen-bond donors (Lipinski definition) is 2. The molecule has 2 amide bonds. The topological polar surface area (TPSA) is 80.3 Å². The van der Waals surface area contributed by atoms with Crippen molar-refractivity contribution in [1.29, 1.82) is 0 Å². The molecule has 1 aromatic heterocycles. The SMILES string of the molecule is O=C1COc2ccc(-c3csc(NC(=O)c4ccc(Cl)cc4)n3)cc2N1. The predicted molar refractivity (Wildman–Crippen MR) is 101 cm³/mol. The van der Waals surface area contributed by atoms with Gasteiger partial charge in [-0.3, -0.25) is 14.9 Å². The lowest BCUT2D eigenvalue weighted by Gasteiger charge is -2.18. The fourth-order valence-electron chi connectivity index (χ4n) is 2.48. The summed E-state index contributed by atoms with van der Waals surface area (Å²) in [7, 11) is 0. The number of anilines is 2. The molecule has 2 aromatic carbocycles. The van der Waals surface area contributed by atoms with Crippen LogP contribution in [0.5, 0.6) is 5.75 Å². The third-order valence-electron chi connectivity index (χ3n) is 3.74. The Morgan fingerprint density at radius 1 is 1.23 bits per heavy atom. The minimum atomic E-state index is -0.256. The van der Waals surface area contributed by atoms with Gasteiger partial charge in [0.1, 0.15) is 5.75 Å². The fourth-order valence-corrected chi connectivity index (χ4v) is 3.32. The molecular weight excluding hydrogens is 374 g/mol. The Morgan fingerprint density at radius 3 is 2.85 bits per heavy atom. The standard InChI is InChI=1S/C18H12ClN3O3S/c19-12-4-1-10(2-5-12)17(24)22-18-21-14(9-26-18)11-3-6-15-13(7-11)20-16(23)8-25-15/h1-7,9H,8H2,(H,20,23)(H,21,22,24). The minimum Gasteiger partial charge on any atom is -0.482 e. The molecule has 1 aliphatic rings. The normalized spacial score (nSPS) is 12.7. The van der Waals surface area contributed by atoms with Gasteiger partial charge in [0.15, 0.2) is 11.7 Å². The van der Waals surface area contributed by atoms with Gasteiger partial charge in [-0.2, -0.15) is 0 Å². The lowest BCUT2D eigenvalue weighted by molar-refractivity contribution is -0.118. The molecule has 3 aromatic rings. The Labute approximate surface area is 157 Å². The van der Waals surface area contributed by atoms with E-state index in [0.717, 1.165) is 5.56 Å². The first-order valence-electron chi connectivity index (χ1n) is 7.68. The Bertz CT molecular complexity index is 1000. The van der Waals surface area contributed by atoms with E-state index in [9.17, 15) is 9.59 Å². The third-order valence-corrected chi connectivity index (χ3v) is 4.75. The molecular formula is C18H12ClN3O3S. The van der Waals surface area contributed by atoms with Crippen LogP contribution in [0.15, 0.2) is 47.8 Å². The molecule has 2 heterocycles. The number of aromatic nitrogens is 1. The number of nitrogens with zero attached hydrogens (tertiary/aromatic N) is 1. The first-order chi connectivity index (χ1) is 12.6. The van der Waals surface area contributed by atoms with Crippen LogP contribution in [0.3, 0.4) is 0 Å². The van der Waals surface area contributed by atoms with Crippen LogP contribution in [-0.2, 0) is 4.79 Å². The minimum absolute atomic E-state index is 0.0178. The van der Waals surface area contributed by atoms with Crippen molar-refractivity contribution in [3.8, 4) is 17.0 Å². The number of nitrogens with one attached hydrogen (secondary N) is 2. The number of carbonyl (C=O) groups excluding carboxylic acids is 2. The quantitative estimate of drug-likeness (QED) is 0.712. The van der Waals surface area contributed by atoms with Crippen molar-refractivity contribution in [2.75, 3.05) is 17.2 Å². The van der Waals surface area contributed by atoms with Gasteiger partial charge < -0.3 is 10.1 Å². The molecule has 0 aliphatic carbocycles. The zero-order valence-corrected chi connectivity index (χ0v) is 14.9. The van der Waals surface area contributed by atoms with E-state index >= 15 is 0 Å². The van der Waals surface area contributed by atoms with Gasteiger partial charge >= 0.3 is 0 Å². The number of benzene rings is 2. The van der Waals surface area contributed by atoms with Gasteiger partial charge in [0.25, 0.3) is 11.8 Å². The molecule has 2 N–H and O–H groups in total. The molecule has 0 saturated heterocycles. The van der Waals surface area contributed by atoms with Crippen molar-refractivity contribution in [3.05, 3.63) is 58.4 Å². The highest BCUT2D eigenvalue weighted by Crippen LogP contribution is 2.33. The second-order valence-electron chi connectivity index (χ2n) is 5.55. The number of fused-ring (bicyclic) bond motifs is 1. The molecule has 0 unspecified atom stereocenters. The average Bonchev–Trinajstić information content (AvgIpc) is 3.10. The van der Waals surface area contributed by atoms with Crippen LogP contribution in [0.4, 0.5) is 10.8 Å². The van der Waals surface area contributed by atoms with Crippen LogP contribution >= 0.6 is 22.9 Å². The van der Waals surface area contributed by atoms with E-state index < -0.39 is 0 Å². The first-order valence-corrected chi connectivity index (χ1v) is 8.94. The van der Waals surface area contributed by atoms with E-state index in [-0.39, 0.29) is 18.4 Å². The number of amides is 2. The van der Waals surface area contributed by atoms with E-state index in [1.807, 2.05) is 11.4 Å². The average molecular weight is 386 g/mol. The highest BCUT2D eigenvalue weighted by Gasteiger charge is 2.17. The van der Waals surface area contributed by atoms with Crippen LogP contribution in [0.1, 0.15) is 10.4 Å². The van der Waals surface area contributed by atoms with Crippen LogP contribution < -0.4 is 15.4 Å². The molecule has 0 fully saturated rings. The second kappa shape index (κ2) is 6.78. The second-order valence-corrected chi connectivity index (χ2v) is 6.84. The summed E-state index contributed by atoms with van der Waals surface area (Å²) in [5.74, 6) is 0.178. The van der Waals surface area contributed by atoms with E-state index in [2.05, 4.69) is 15.6 Å². The van der Waals surface area contributed by atoms with Gasteiger partial charge in [0, 0.05) is 21.5 Å².